The minimum Gasteiger partial charge on any atom is -0.488 e. The highest BCUT2D eigenvalue weighted by Crippen LogP contribution is 2.30. The Morgan fingerprint density at radius 2 is 2.12 bits per heavy atom. The quantitative estimate of drug-likeness (QED) is 0.336. The summed E-state index contributed by atoms with van der Waals surface area (Å²) in [6, 6.07) is 10.2. The number of nitrogens with one attached hydrogen (secondary N) is 1. The normalized spacial score (nSPS) is 11.4. The third-order valence-corrected chi connectivity index (χ3v) is 5.14. The van der Waals surface area contributed by atoms with E-state index in [1.807, 2.05) is 32.0 Å². The SMILES string of the molecule is CC(C)Oc1ccc(-c2nc(-n3cc(Cl)c4cc(CNCCC(=O)O)ccc43)no2)cc1F. The van der Waals surface area contributed by atoms with Crippen molar-refractivity contribution in [3.63, 3.8) is 0 Å². The van der Waals surface area contributed by atoms with Crippen molar-refractivity contribution in [2.24, 2.45) is 0 Å². The minimum atomic E-state index is -0.847. The lowest BCUT2D eigenvalue weighted by Crippen LogP contribution is -2.17. The van der Waals surface area contributed by atoms with E-state index in [-0.39, 0.29) is 30.1 Å². The van der Waals surface area contributed by atoms with Gasteiger partial charge in [-0.25, -0.2) is 4.39 Å². The molecule has 0 unspecified atom stereocenters. The molecule has 0 saturated heterocycles. The predicted molar refractivity (Wildman–Crippen MR) is 121 cm³/mol. The fourth-order valence-electron chi connectivity index (χ4n) is 3.35. The molecular weight excluding hydrogens is 451 g/mol. The lowest BCUT2D eigenvalue weighted by Gasteiger charge is -2.10. The van der Waals surface area contributed by atoms with Crippen LogP contribution in [0.25, 0.3) is 28.3 Å². The number of aromatic nitrogens is 3. The van der Waals surface area contributed by atoms with Gasteiger partial charge >= 0.3 is 5.97 Å². The maximum atomic E-state index is 14.4. The zero-order valence-corrected chi connectivity index (χ0v) is 18.8. The summed E-state index contributed by atoms with van der Waals surface area (Å²) < 4.78 is 26.8. The van der Waals surface area contributed by atoms with E-state index in [2.05, 4.69) is 15.5 Å². The smallest absolute Gasteiger partial charge is 0.304 e. The zero-order valence-electron chi connectivity index (χ0n) is 18.0. The van der Waals surface area contributed by atoms with Crippen molar-refractivity contribution in [1.29, 1.82) is 0 Å². The van der Waals surface area contributed by atoms with Gasteiger partial charge in [0.15, 0.2) is 11.6 Å². The first-order valence-corrected chi connectivity index (χ1v) is 10.7. The average Bonchev–Trinajstić information content (AvgIpc) is 3.37. The number of nitrogens with zero attached hydrogens (tertiary/aromatic N) is 3. The van der Waals surface area contributed by atoms with E-state index >= 15 is 0 Å². The van der Waals surface area contributed by atoms with Gasteiger partial charge in [0.2, 0.25) is 0 Å². The summed E-state index contributed by atoms with van der Waals surface area (Å²) >= 11 is 6.44. The molecule has 0 fully saturated rings. The van der Waals surface area contributed by atoms with Crippen LogP contribution in [0, 0.1) is 5.82 Å². The molecule has 0 aliphatic rings. The zero-order chi connectivity index (χ0) is 23.5. The summed E-state index contributed by atoms with van der Waals surface area (Å²) in [5, 5.41) is 17.1. The van der Waals surface area contributed by atoms with Gasteiger partial charge in [-0.3, -0.25) is 9.36 Å². The summed E-state index contributed by atoms with van der Waals surface area (Å²) in [4.78, 5) is 15.0. The molecule has 10 heteroatoms. The van der Waals surface area contributed by atoms with Gasteiger partial charge in [-0.1, -0.05) is 17.7 Å². The number of carboxylic acid groups (broad SMARTS) is 1. The number of fused-ring (bicyclic) bond motifs is 1. The standard InChI is InChI=1S/C23H22ClFN4O4/c1-13(2)32-20-6-4-15(10-18(20)25)22-27-23(28-33-22)29-12-17(24)16-9-14(3-5-19(16)29)11-26-8-7-21(30)31/h3-6,9-10,12-13,26H,7-8,11H2,1-2H3,(H,30,31). The molecule has 33 heavy (non-hydrogen) atoms. The number of carbonyl (C=O) groups is 1. The van der Waals surface area contributed by atoms with Crippen LogP contribution in [-0.4, -0.2) is 38.4 Å². The van der Waals surface area contributed by atoms with Crippen molar-refractivity contribution < 1.29 is 23.6 Å². The number of carboxylic acids is 1. The molecule has 0 aliphatic heterocycles. The maximum absolute atomic E-state index is 14.4. The summed E-state index contributed by atoms with van der Waals surface area (Å²) in [6.07, 6.45) is 1.59. The van der Waals surface area contributed by atoms with E-state index in [9.17, 15) is 9.18 Å². The van der Waals surface area contributed by atoms with Gasteiger partial charge in [0.05, 0.1) is 23.1 Å². The summed E-state index contributed by atoms with van der Waals surface area (Å²) in [6.45, 7) is 4.53. The molecule has 0 atom stereocenters. The molecule has 0 radical (unpaired) electrons. The molecule has 0 amide bonds. The van der Waals surface area contributed by atoms with Crippen LogP contribution < -0.4 is 10.1 Å². The fourth-order valence-corrected chi connectivity index (χ4v) is 3.60. The molecular formula is C23H22ClFN4O4. The summed E-state index contributed by atoms with van der Waals surface area (Å²) in [5.41, 5.74) is 2.16. The Morgan fingerprint density at radius 3 is 2.85 bits per heavy atom. The van der Waals surface area contributed by atoms with Crippen LogP contribution in [0.5, 0.6) is 5.75 Å². The van der Waals surface area contributed by atoms with Crippen LogP contribution >= 0.6 is 11.6 Å². The van der Waals surface area contributed by atoms with Gasteiger partial charge in [-0.15, -0.1) is 0 Å². The predicted octanol–water partition coefficient (Wildman–Crippen LogP) is 4.82. The van der Waals surface area contributed by atoms with Crippen molar-refractivity contribution in [3.8, 4) is 23.2 Å². The van der Waals surface area contributed by atoms with Crippen molar-refractivity contribution in [1.82, 2.24) is 20.0 Å². The second-order valence-electron chi connectivity index (χ2n) is 7.73. The van der Waals surface area contributed by atoms with E-state index in [1.165, 1.54) is 12.1 Å². The molecule has 172 valence electrons. The maximum Gasteiger partial charge on any atom is 0.304 e. The molecule has 0 bridgehead atoms. The lowest BCUT2D eigenvalue weighted by molar-refractivity contribution is -0.136. The Balaban J connectivity index is 1.56. The van der Waals surface area contributed by atoms with Crippen molar-refractivity contribution in [2.75, 3.05) is 6.54 Å². The van der Waals surface area contributed by atoms with Crippen molar-refractivity contribution >= 4 is 28.5 Å². The Morgan fingerprint density at radius 1 is 1.30 bits per heavy atom. The van der Waals surface area contributed by atoms with Crippen LogP contribution in [0.4, 0.5) is 4.39 Å². The average molecular weight is 473 g/mol. The van der Waals surface area contributed by atoms with E-state index < -0.39 is 11.8 Å². The summed E-state index contributed by atoms with van der Waals surface area (Å²) in [5.74, 6) is -0.778. The fraction of sp³-hybridized carbons (Fsp3) is 0.261. The minimum absolute atomic E-state index is 0.0525. The van der Waals surface area contributed by atoms with Crippen molar-refractivity contribution in [3.05, 3.63) is 59.0 Å². The number of rotatable bonds is 9. The number of halogens is 2. The largest absolute Gasteiger partial charge is 0.488 e. The molecule has 8 nitrogen and oxygen atoms in total. The van der Waals surface area contributed by atoms with Crippen molar-refractivity contribution in [2.45, 2.75) is 32.9 Å². The number of hydrogen-bond acceptors (Lipinski definition) is 6. The number of hydrogen-bond donors (Lipinski definition) is 2. The molecule has 0 aliphatic carbocycles. The number of benzene rings is 2. The van der Waals surface area contributed by atoms with Gasteiger partial charge in [0.1, 0.15) is 0 Å². The van der Waals surface area contributed by atoms with E-state index in [1.54, 1.807) is 16.8 Å². The van der Waals surface area contributed by atoms with Crippen LogP contribution in [-0.2, 0) is 11.3 Å². The van der Waals surface area contributed by atoms with E-state index in [0.29, 0.717) is 23.7 Å². The highest BCUT2D eigenvalue weighted by molar-refractivity contribution is 6.35. The highest BCUT2D eigenvalue weighted by atomic mass is 35.5. The first-order chi connectivity index (χ1) is 15.8. The van der Waals surface area contributed by atoms with Crippen LogP contribution in [0.15, 0.2) is 47.1 Å². The molecule has 2 aromatic carbocycles. The van der Waals surface area contributed by atoms with Gasteiger partial charge in [-0.2, -0.15) is 4.98 Å². The Labute approximate surface area is 193 Å². The molecule has 2 N–H and O–H groups in total. The molecule has 0 saturated carbocycles. The third kappa shape index (κ3) is 5.15. The molecule has 2 aromatic heterocycles. The number of ether oxygens (including phenoxy) is 1. The first kappa shape index (κ1) is 22.8. The Kier molecular flexibility index (Phi) is 6.62. The Bertz CT molecular complexity index is 1300. The van der Waals surface area contributed by atoms with Gasteiger partial charge in [-0.05, 0) is 54.9 Å². The lowest BCUT2D eigenvalue weighted by atomic mass is 10.1. The first-order valence-electron chi connectivity index (χ1n) is 10.3. The monoisotopic (exact) mass is 472 g/mol. The highest BCUT2D eigenvalue weighted by Gasteiger charge is 2.17. The Hall–Kier alpha value is -3.43. The summed E-state index contributed by atoms with van der Waals surface area (Å²) in [7, 11) is 0. The van der Waals surface area contributed by atoms with Crippen LogP contribution in [0.3, 0.4) is 0 Å². The number of aliphatic carboxylic acids is 1. The second kappa shape index (κ2) is 9.60. The topological polar surface area (TPSA) is 102 Å². The van der Waals surface area contributed by atoms with Crippen LogP contribution in [0.1, 0.15) is 25.8 Å². The molecule has 2 heterocycles. The second-order valence-corrected chi connectivity index (χ2v) is 8.14. The van der Waals surface area contributed by atoms with Crippen LogP contribution in [0.2, 0.25) is 5.02 Å². The van der Waals surface area contributed by atoms with Gasteiger partial charge in [0, 0.05) is 30.2 Å². The third-order valence-electron chi connectivity index (χ3n) is 4.84. The molecule has 4 aromatic rings. The van der Waals surface area contributed by atoms with E-state index in [0.717, 1.165) is 16.5 Å². The molecule has 4 rings (SSSR count). The van der Waals surface area contributed by atoms with Gasteiger partial charge < -0.3 is 19.7 Å². The molecule has 0 spiro atoms. The van der Waals surface area contributed by atoms with E-state index in [4.69, 9.17) is 26.0 Å². The van der Waals surface area contributed by atoms with Gasteiger partial charge in [0.25, 0.3) is 11.8 Å².